The lowest BCUT2D eigenvalue weighted by atomic mass is 9.86. The molecule has 0 aliphatic rings. The maximum atomic E-state index is 11.9. The van der Waals surface area contributed by atoms with Crippen LogP contribution >= 0.6 is 15.9 Å². The highest BCUT2D eigenvalue weighted by atomic mass is 79.9. The molecular formula is C16H18BrNO3. The van der Waals surface area contributed by atoms with Crippen LogP contribution in [0.1, 0.15) is 44.1 Å². The van der Waals surface area contributed by atoms with Crippen LogP contribution in [0.25, 0.3) is 10.9 Å². The molecule has 1 aromatic carbocycles. The summed E-state index contributed by atoms with van der Waals surface area (Å²) < 4.78 is 2.55. The molecule has 0 saturated carbocycles. The van der Waals surface area contributed by atoms with Gasteiger partial charge >= 0.3 is 5.97 Å². The number of hydrogen-bond donors (Lipinski definition) is 1. The van der Waals surface area contributed by atoms with E-state index in [2.05, 4.69) is 15.9 Å². The van der Waals surface area contributed by atoms with Crippen molar-refractivity contribution in [2.45, 2.75) is 33.7 Å². The fourth-order valence-corrected chi connectivity index (χ4v) is 2.99. The van der Waals surface area contributed by atoms with Gasteiger partial charge in [-0.25, -0.2) is 4.79 Å². The SMILES string of the molecule is CC(=O)c1cn(C(C(=O)O)C(C)(C)C)c2ccc(Br)cc12. The van der Waals surface area contributed by atoms with E-state index in [0.717, 1.165) is 15.4 Å². The minimum absolute atomic E-state index is 0.0742. The Bertz CT molecular complexity index is 725. The Morgan fingerprint density at radius 2 is 1.90 bits per heavy atom. The normalized spacial score (nSPS) is 13.4. The highest BCUT2D eigenvalue weighted by Gasteiger charge is 2.34. The van der Waals surface area contributed by atoms with Crippen LogP contribution in [-0.4, -0.2) is 21.4 Å². The van der Waals surface area contributed by atoms with Crippen LogP contribution in [0.3, 0.4) is 0 Å². The number of nitrogens with zero attached hydrogens (tertiary/aromatic N) is 1. The average Bonchev–Trinajstić information content (AvgIpc) is 2.65. The Morgan fingerprint density at radius 3 is 2.38 bits per heavy atom. The fraction of sp³-hybridized carbons (Fsp3) is 0.375. The predicted octanol–water partition coefficient (Wildman–Crippen LogP) is 4.28. The molecule has 0 aliphatic heterocycles. The van der Waals surface area contributed by atoms with Gasteiger partial charge in [-0.05, 0) is 30.5 Å². The van der Waals surface area contributed by atoms with E-state index >= 15 is 0 Å². The molecule has 1 N–H and O–H groups in total. The molecule has 4 nitrogen and oxygen atoms in total. The monoisotopic (exact) mass is 351 g/mol. The Labute approximate surface area is 131 Å². The molecule has 0 fully saturated rings. The second-order valence-electron chi connectivity index (χ2n) is 6.27. The lowest BCUT2D eigenvalue weighted by Gasteiger charge is -2.29. The Hall–Kier alpha value is -1.62. The zero-order valence-corrected chi connectivity index (χ0v) is 14.1. The molecule has 0 aliphatic carbocycles. The number of hydrogen-bond acceptors (Lipinski definition) is 2. The highest BCUT2D eigenvalue weighted by Crippen LogP contribution is 2.36. The molecule has 0 amide bonds. The summed E-state index contributed by atoms with van der Waals surface area (Å²) in [5.74, 6) is -0.979. The van der Waals surface area contributed by atoms with Crippen molar-refractivity contribution in [2.75, 3.05) is 0 Å². The Kier molecular flexibility index (Phi) is 3.97. The molecule has 0 radical (unpaired) electrons. The van der Waals surface area contributed by atoms with Crippen LogP contribution in [0, 0.1) is 5.41 Å². The molecule has 1 unspecified atom stereocenters. The first-order chi connectivity index (χ1) is 9.62. The van der Waals surface area contributed by atoms with Gasteiger partial charge in [0.15, 0.2) is 5.78 Å². The maximum Gasteiger partial charge on any atom is 0.327 e. The van der Waals surface area contributed by atoms with E-state index in [4.69, 9.17) is 0 Å². The van der Waals surface area contributed by atoms with Crippen molar-refractivity contribution in [3.8, 4) is 0 Å². The minimum atomic E-state index is -0.905. The van der Waals surface area contributed by atoms with Crippen molar-refractivity contribution in [2.24, 2.45) is 5.41 Å². The summed E-state index contributed by atoms with van der Waals surface area (Å²) >= 11 is 3.39. The summed E-state index contributed by atoms with van der Waals surface area (Å²) in [5, 5.41) is 10.4. The van der Waals surface area contributed by atoms with Crippen LogP contribution in [0.5, 0.6) is 0 Å². The fourth-order valence-electron chi connectivity index (χ4n) is 2.63. The van der Waals surface area contributed by atoms with Gasteiger partial charge < -0.3 is 9.67 Å². The molecule has 1 aromatic heterocycles. The zero-order valence-electron chi connectivity index (χ0n) is 12.5. The van der Waals surface area contributed by atoms with Gasteiger partial charge in [-0.3, -0.25) is 4.79 Å². The van der Waals surface area contributed by atoms with Crippen LogP contribution in [0.15, 0.2) is 28.9 Å². The van der Waals surface area contributed by atoms with Crippen molar-refractivity contribution < 1.29 is 14.7 Å². The van der Waals surface area contributed by atoms with E-state index in [-0.39, 0.29) is 5.78 Å². The highest BCUT2D eigenvalue weighted by molar-refractivity contribution is 9.10. The number of rotatable bonds is 3. The van der Waals surface area contributed by atoms with Gasteiger partial charge in [0, 0.05) is 27.1 Å². The van der Waals surface area contributed by atoms with Gasteiger partial charge in [-0.1, -0.05) is 36.7 Å². The number of carboxylic acids is 1. The van der Waals surface area contributed by atoms with Crippen molar-refractivity contribution in [3.63, 3.8) is 0 Å². The number of halogens is 1. The van der Waals surface area contributed by atoms with Gasteiger partial charge in [0.05, 0.1) is 0 Å². The minimum Gasteiger partial charge on any atom is -0.480 e. The Morgan fingerprint density at radius 1 is 1.29 bits per heavy atom. The molecule has 0 saturated heterocycles. The van der Waals surface area contributed by atoms with Crippen LogP contribution in [-0.2, 0) is 4.79 Å². The third-order valence-electron chi connectivity index (χ3n) is 3.51. The maximum absolute atomic E-state index is 11.9. The van der Waals surface area contributed by atoms with Gasteiger partial charge in [0.2, 0.25) is 0 Å². The molecular weight excluding hydrogens is 334 g/mol. The topological polar surface area (TPSA) is 59.3 Å². The third kappa shape index (κ3) is 2.88. The molecule has 112 valence electrons. The Balaban J connectivity index is 2.80. The second-order valence-corrected chi connectivity index (χ2v) is 7.19. The third-order valence-corrected chi connectivity index (χ3v) is 4.00. The summed E-state index contributed by atoms with van der Waals surface area (Å²) in [6, 6.07) is 4.80. The molecule has 5 heteroatoms. The number of fused-ring (bicyclic) bond motifs is 1. The van der Waals surface area contributed by atoms with E-state index in [1.165, 1.54) is 6.92 Å². The first kappa shape index (κ1) is 15.8. The first-order valence-corrected chi connectivity index (χ1v) is 7.46. The van der Waals surface area contributed by atoms with Crippen molar-refractivity contribution >= 4 is 38.6 Å². The molecule has 1 heterocycles. The summed E-state index contributed by atoms with van der Waals surface area (Å²) in [7, 11) is 0. The molecule has 1 atom stereocenters. The van der Waals surface area contributed by atoms with Crippen molar-refractivity contribution in [3.05, 3.63) is 34.4 Å². The summed E-state index contributed by atoms with van der Waals surface area (Å²) in [4.78, 5) is 23.6. The number of ketones is 1. The number of carbonyl (C=O) groups is 2. The van der Waals surface area contributed by atoms with E-state index in [1.807, 2.05) is 39.0 Å². The molecule has 2 aromatic rings. The van der Waals surface area contributed by atoms with Gasteiger partial charge in [0.25, 0.3) is 0 Å². The molecule has 21 heavy (non-hydrogen) atoms. The number of carboxylic acid groups (broad SMARTS) is 1. The van der Waals surface area contributed by atoms with Crippen LogP contribution in [0.4, 0.5) is 0 Å². The van der Waals surface area contributed by atoms with E-state index in [1.54, 1.807) is 10.8 Å². The second kappa shape index (κ2) is 5.30. The number of Topliss-reactive ketones (excluding diaryl/α,β-unsaturated/α-hetero) is 1. The summed E-state index contributed by atoms with van der Waals surface area (Å²) in [5.41, 5.74) is 0.825. The largest absolute Gasteiger partial charge is 0.480 e. The van der Waals surface area contributed by atoms with Crippen LogP contribution in [0.2, 0.25) is 0 Å². The number of carbonyl (C=O) groups excluding carboxylic acids is 1. The molecule has 0 bridgehead atoms. The standard InChI is InChI=1S/C16H18BrNO3/c1-9(19)12-8-18(14(15(20)21)16(2,3)4)13-6-5-10(17)7-11(12)13/h5-8,14H,1-4H3,(H,20,21). The van der Waals surface area contributed by atoms with Gasteiger partial charge in [-0.15, -0.1) is 0 Å². The summed E-state index contributed by atoms with van der Waals surface area (Å²) in [6.07, 6.45) is 1.66. The molecule has 0 spiro atoms. The van der Waals surface area contributed by atoms with E-state index in [9.17, 15) is 14.7 Å². The summed E-state index contributed by atoms with van der Waals surface area (Å²) in [6.45, 7) is 7.13. The van der Waals surface area contributed by atoms with E-state index < -0.39 is 17.4 Å². The first-order valence-electron chi connectivity index (χ1n) is 6.66. The number of aliphatic carboxylic acids is 1. The lowest BCUT2D eigenvalue weighted by molar-refractivity contribution is -0.144. The van der Waals surface area contributed by atoms with Gasteiger partial charge in [0.1, 0.15) is 6.04 Å². The number of benzene rings is 1. The number of aromatic nitrogens is 1. The van der Waals surface area contributed by atoms with Crippen molar-refractivity contribution in [1.82, 2.24) is 4.57 Å². The zero-order chi connectivity index (χ0) is 15.9. The van der Waals surface area contributed by atoms with E-state index in [0.29, 0.717) is 5.56 Å². The van der Waals surface area contributed by atoms with Crippen molar-refractivity contribution in [1.29, 1.82) is 0 Å². The predicted molar refractivity (Wildman–Crippen MR) is 85.8 cm³/mol. The smallest absolute Gasteiger partial charge is 0.327 e. The molecule has 2 rings (SSSR count). The average molecular weight is 352 g/mol. The van der Waals surface area contributed by atoms with Crippen LogP contribution < -0.4 is 0 Å². The van der Waals surface area contributed by atoms with Gasteiger partial charge in [-0.2, -0.15) is 0 Å². The quantitative estimate of drug-likeness (QED) is 0.839. The lowest BCUT2D eigenvalue weighted by Crippen LogP contribution is -2.31.